The normalized spacial score (nSPS) is 12.6. The van der Waals surface area contributed by atoms with Crippen molar-refractivity contribution in [2.75, 3.05) is 26.8 Å². The molecule has 1 atom stereocenters. The fraction of sp³-hybridized carbons (Fsp3) is 0.500. The largest absolute Gasteiger partial charge is 0.480 e. The van der Waals surface area contributed by atoms with Gasteiger partial charge in [-0.2, -0.15) is 13.2 Å². The van der Waals surface area contributed by atoms with Gasteiger partial charge in [-0.15, -0.1) is 0 Å². The first-order valence-electron chi connectivity index (χ1n) is 6.67. The molecule has 8 heteroatoms. The molecule has 124 valence electrons. The topological polar surface area (TPSA) is 59.6 Å². The van der Waals surface area contributed by atoms with Crippen LogP contribution in [0.2, 0.25) is 0 Å². The third-order valence-corrected chi connectivity index (χ3v) is 2.70. The highest BCUT2D eigenvalue weighted by Gasteiger charge is 2.29. The van der Waals surface area contributed by atoms with Gasteiger partial charge in [0.1, 0.15) is 0 Å². The fourth-order valence-electron chi connectivity index (χ4n) is 1.41. The van der Waals surface area contributed by atoms with E-state index in [9.17, 15) is 18.0 Å². The Hall–Kier alpha value is -1.96. The van der Waals surface area contributed by atoms with Crippen molar-refractivity contribution in [3.05, 3.63) is 24.3 Å². The summed E-state index contributed by atoms with van der Waals surface area (Å²) in [7, 11) is 1.77. The molecule has 1 aromatic carbocycles. The minimum absolute atomic E-state index is 0.0591. The number of carbonyl (C=O) groups is 1. The summed E-state index contributed by atoms with van der Waals surface area (Å²) in [5, 5.41) is 5.58. The summed E-state index contributed by atoms with van der Waals surface area (Å²) in [5.74, 6) is -0.340. The highest BCUT2D eigenvalue weighted by atomic mass is 19.4. The molecule has 0 saturated heterocycles. The zero-order valence-corrected chi connectivity index (χ0v) is 12.4. The maximum atomic E-state index is 12.2. The maximum Gasteiger partial charge on any atom is 0.422 e. The van der Waals surface area contributed by atoms with Crippen LogP contribution in [0.3, 0.4) is 0 Å². The minimum atomic E-state index is -4.44. The lowest BCUT2D eigenvalue weighted by molar-refractivity contribution is -0.153. The van der Waals surface area contributed by atoms with Crippen LogP contribution in [0, 0.1) is 0 Å². The van der Waals surface area contributed by atoms with Gasteiger partial charge in [0.05, 0.1) is 0 Å². The molecule has 0 spiro atoms. The lowest BCUT2D eigenvalue weighted by atomic mass is 10.3. The van der Waals surface area contributed by atoms with Crippen molar-refractivity contribution in [1.29, 1.82) is 0 Å². The maximum absolute atomic E-state index is 12.2. The van der Waals surface area contributed by atoms with Crippen LogP contribution in [0.15, 0.2) is 24.3 Å². The average molecular weight is 320 g/mol. The van der Waals surface area contributed by atoms with Crippen molar-refractivity contribution in [2.45, 2.75) is 19.1 Å². The Bertz CT molecular complexity index is 481. The quantitative estimate of drug-likeness (QED) is 0.766. The van der Waals surface area contributed by atoms with E-state index >= 15 is 0 Å². The molecule has 0 radical (unpaired) electrons. The molecule has 0 aliphatic rings. The lowest BCUT2D eigenvalue weighted by Gasteiger charge is -2.14. The number of benzene rings is 1. The third kappa shape index (κ3) is 7.16. The van der Waals surface area contributed by atoms with Gasteiger partial charge in [0.25, 0.3) is 5.91 Å². The van der Waals surface area contributed by atoms with Gasteiger partial charge in [-0.05, 0) is 26.1 Å². The number of hydrogen-bond donors (Lipinski definition) is 2. The third-order valence-electron chi connectivity index (χ3n) is 2.70. The van der Waals surface area contributed by atoms with Gasteiger partial charge in [-0.1, -0.05) is 12.1 Å². The molecule has 1 aromatic rings. The van der Waals surface area contributed by atoms with Gasteiger partial charge >= 0.3 is 6.18 Å². The van der Waals surface area contributed by atoms with E-state index in [1.807, 2.05) is 6.92 Å². The van der Waals surface area contributed by atoms with E-state index in [2.05, 4.69) is 15.4 Å². The Balaban J connectivity index is 2.50. The van der Waals surface area contributed by atoms with E-state index in [-0.39, 0.29) is 30.1 Å². The first-order chi connectivity index (χ1) is 10.3. The molecule has 0 bridgehead atoms. The summed E-state index contributed by atoms with van der Waals surface area (Å²) in [6, 6.07) is 5.99. The predicted molar refractivity (Wildman–Crippen MR) is 75.0 cm³/mol. The number of likely N-dealkylation sites (N-methyl/N-ethyl adjacent to an activating group) is 1. The molecule has 22 heavy (non-hydrogen) atoms. The average Bonchev–Trinajstić information content (AvgIpc) is 2.48. The molecule has 0 aliphatic heterocycles. The summed E-state index contributed by atoms with van der Waals surface area (Å²) in [6.45, 7) is 0.592. The highest BCUT2D eigenvalue weighted by Crippen LogP contribution is 2.28. The van der Waals surface area contributed by atoms with Crippen molar-refractivity contribution in [3.63, 3.8) is 0 Å². The number of amides is 1. The van der Waals surface area contributed by atoms with Crippen LogP contribution in [-0.2, 0) is 4.79 Å². The molecular formula is C14H19F3N2O3. The summed E-state index contributed by atoms with van der Waals surface area (Å²) < 4.78 is 46.3. The molecule has 5 nitrogen and oxygen atoms in total. The van der Waals surface area contributed by atoms with Gasteiger partial charge in [0, 0.05) is 12.6 Å². The van der Waals surface area contributed by atoms with Gasteiger partial charge in [0.2, 0.25) is 0 Å². The number of alkyl halides is 3. The summed E-state index contributed by atoms with van der Waals surface area (Å²) in [4.78, 5) is 11.6. The van der Waals surface area contributed by atoms with Crippen molar-refractivity contribution in [3.8, 4) is 11.5 Å². The molecule has 0 aliphatic carbocycles. The van der Waals surface area contributed by atoms with E-state index in [0.717, 1.165) is 0 Å². The molecule has 0 aromatic heterocycles. The Kier molecular flexibility index (Phi) is 6.97. The molecule has 0 saturated carbocycles. The monoisotopic (exact) mass is 320 g/mol. The first kappa shape index (κ1) is 18.1. The standard InChI is InChI=1S/C14H19F3N2O3/c1-10(18-2)7-19-13(20)8-21-11-5-3-4-6-12(11)22-9-14(15,16)17/h3-6,10,18H,7-9H2,1-2H3,(H,19,20). The van der Waals surface area contributed by atoms with E-state index in [1.54, 1.807) is 13.1 Å². The zero-order valence-electron chi connectivity index (χ0n) is 12.4. The van der Waals surface area contributed by atoms with Crippen molar-refractivity contribution in [1.82, 2.24) is 10.6 Å². The van der Waals surface area contributed by atoms with E-state index in [1.165, 1.54) is 18.2 Å². The Morgan fingerprint density at radius 2 is 1.82 bits per heavy atom. The second-order valence-corrected chi connectivity index (χ2v) is 4.63. The van der Waals surface area contributed by atoms with E-state index in [4.69, 9.17) is 4.74 Å². The van der Waals surface area contributed by atoms with Crippen LogP contribution in [0.25, 0.3) is 0 Å². The minimum Gasteiger partial charge on any atom is -0.480 e. The molecule has 0 fully saturated rings. The molecular weight excluding hydrogens is 301 g/mol. The second-order valence-electron chi connectivity index (χ2n) is 4.63. The molecule has 0 heterocycles. The number of rotatable bonds is 8. The van der Waals surface area contributed by atoms with Gasteiger partial charge < -0.3 is 20.1 Å². The smallest absolute Gasteiger partial charge is 0.422 e. The molecule has 1 rings (SSSR count). The van der Waals surface area contributed by atoms with Gasteiger partial charge in [-0.3, -0.25) is 4.79 Å². The summed E-state index contributed by atoms with van der Waals surface area (Å²) in [5.41, 5.74) is 0. The first-order valence-corrected chi connectivity index (χ1v) is 6.67. The summed E-state index contributed by atoms with van der Waals surface area (Å²) >= 11 is 0. The van der Waals surface area contributed by atoms with Crippen LogP contribution < -0.4 is 20.1 Å². The van der Waals surface area contributed by atoms with Gasteiger partial charge in [0.15, 0.2) is 24.7 Å². The number of nitrogens with one attached hydrogen (secondary N) is 2. The molecule has 1 unspecified atom stereocenters. The fourth-order valence-corrected chi connectivity index (χ4v) is 1.41. The van der Waals surface area contributed by atoms with Crippen molar-refractivity contribution in [2.24, 2.45) is 0 Å². The van der Waals surface area contributed by atoms with Crippen molar-refractivity contribution >= 4 is 5.91 Å². The van der Waals surface area contributed by atoms with Gasteiger partial charge in [-0.25, -0.2) is 0 Å². The lowest BCUT2D eigenvalue weighted by Crippen LogP contribution is -2.39. The SMILES string of the molecule is CNC(C)CNC(=O)COc1ccccc1OCC(F)(F)F. The van der Waals surface area contributed by atoms with Crippen LogP contribution in [-0.4, -0.2) is 44.9 Å². The second kappa shape index (κ2) is 8.47. The van der Waals surface area contributed by atoms with E-state index in [0.29, 0.717) is 6.54 Å². The Labute approximate surface area is 126 Å². The van der Waals surface area contributed by atoms with Crippen LogP contribution >= 0.6 is 0 Å². The van der Waals surface area contributed by atoms with Crippen molar-refractivity contribution < 1.29 is 27.4 Å². The number of hydrogen-bond acceptors (Lipinski definition) is 4. The summed E-state index contributed by atoms with van der Waals surface area (Å²) in [6.07, 6.45) is -4.44. The number of para-hydroxylation sites is 2. The highest BCUT2D eigenvalue weighted by molar-refractivity contribution is 5.77. The predicted octanol–water partition coefficient (Wildman–Crippen LogP) is 1.73. The van der Waals surface area contributed by atoms with E-state index < -0.39 is 12.8 Å². The number of ether oxygens (including phenoxy) is 2. The van der Waals surface area contributed by atoms with Crippen LogP contribution in [0.4, 0.5) is 13.2 Å². The number of carbonyl (C=O) groups excluding carboxylic acids is 1. The molecule has 1 amide bonds. The van der Waals surface area contributed by atoms with Crippen LogP contribution in [0.5, 0.6) is 11.5 Å². The Morgan fingerprint density at radius 1 is 1.23 bits per heavy atom. The molecule has 2 N–H and O–H groups in total. The Morgan fingerprint density at radius 3 is 2.36 bits per heavy atom. The zero-order chi connectivity index (χ0) is 16.6. The van der Waals surface area contributed by atoms with Crippen LogP contribution in [0.1, 0.15) is 6.92 Å². The number of halogens is 3.